The molecule has 0 aliphatic carbocycles. The van der Waals surface area contributed by atoms with Crippen LogP contribution in [0.25, 0.3) is 17.1 Å². The molecule has 1 atom stereocenters. The molecule has 2 aromatic carbocycles. The van der Waals surface area contributed by atoms with Gasteiger partial charge in [0, 0.05) is 18.7 Å². The number of thioether (sulfide) groups is 1. The highest BCUT2D eigenvalue weighted by molar-refractivity contribution is 7.98. The van der Waals surface area contributed by atoms with E-state index >= 15 is 0 Å². The fraction of sp³-hybridized carbons (Fsp3) is 0.286. The van der Waals surface area contributed by atoms with Gasteiger partial charge in [0.05, 0.1) is 5.69 Å². The largest absolute Gasteiger partial charge is 0.336 e. The van der Waals surface area contributed by atoms with E-state index in [0.717, 1.165) is 30.8 Å². The van der Waals surface area contributed by atoms with Crippen LogP contribution in [-0.2, 0) is 0 Å². The molecule has 0 bridgehead atoms. The zero-order chi connectivity index (χ0) is 19.5. The summed E-state index contributed by atoms with van der Waals surface area (Å²) in [5.74, 6) is 1.84. The van der Waals surface area contributed by atoms with Crippen LogP contribution in [0.3, 0.4) is 0 Å². The number of likely N-dealkylation sites (tertiary alicyclic amines) is 1. The van der Waals surface area contributed by atoms with Gasteiger partial charge in [-0.25, -0.2) is 14.1 Å². The standard InChI is InChI=1S/C21H21FN4OS/c1-28-14-15-11-12-25(13-15)21(27)19-23-20(16-5-3-2-4-6-16)26(24-19)18-9-7-17(22)8-10-18/h2-10,15H,11-14H2,1H3. The SMILES string of the molecule is CSCC1CCN(C(=O)c2nc(-c3ccccc3)n(-c3ccc(F)cc3)n2)C1. The number of amides is 1. The van der Waals surface area contributed by atoms with Crippen molar-refractivity contribution in [2.45, 2.75) is 6.42 Å². The Hall–Kier alpha value is -2.67. The molecule has 1 saturated heterocycles. The second-order valence-corrected chi connectivity index (χ2v) is 7.79. The maximum Gasteiger partial charge on any atom is 0.293 e. The minimum absolute atomic E-state index is 0.151. The monoisotopic (exact) mass is 396 g/mol. The molecule has 0 saturated carbocycles. The summed E-state index contributed by atoms with van der Waals surface area (Å²) in [6, 6.07) is 15.6. The van der Waals surface area contributed by atoms with Crippen LogP contribution in [0.2, 0.25) is 0 Å². The molecule has 28 heavy (non-hydrogen) atoms. The normalized spacial score (nSPS) is 16.5. The Morgan fingerprint density at radius 3 is 2.64 bits per heavy atom. The van der Waals surface area contributed by atoms with Crippen LogP contribution >= 0.6 is 11.8 Å². The average Bonchev–Trinajstić information content (AvgIpc) is 3.37. The lowest BCUT2D eigenvalue weighted by atomic mass is 10.2. The fourth-order valence-corrected chi connectivity index (χ4v) is 4.21. The first-order chi connectivity index (χ1) is 13.7. The number of benzene rings is 2. The van der Waals surface area contributed by atoms with Crippen molar-refractivity contribution < 1.29 is 9.18 Å². The second-order valence-electron chi connectivity index (χ2n) is 6.87. The van der Waals surface area contributed by atoms with Gasteiger partial charge in [-0.1, -0.05) is 30.3 Å². The van der Waals surface area contributed by atoms with Crippen LogP contribution in [0.15, 0.2) is 54.6 Å². The molecule has 1 amide bonds. The summed E-state index contributed by atoms with van der Waals surface area (Å²) in [5, 5.41) is 4.49. The molecule has 0 spiro atoms. The van der Waals surface area contributed by atoms with E-state index in [2.05, 4.69) is 16.3 Å². The number of halogens is 1. The highest BCUT2D eigenvalue weighted by Gasteiger charge is 2.29. The molecular weight excluding hydrogens is 375 g/mol. The lowest BCUT2D eigenvalue weighted by Crippen LogP contribution is -2.30. The Bertz CT molecular complexity index is 958. The summed E-state index contributed by atoms with van der Waals surface area (Å²) >= 11 is 1.81. The number of carbonyl (C=O) groups excluding carboxylic acids is 1. The Morgan fingerprint density at radius 1 is 1.18 bits per heavy atom. The first-order valence-electron chi connectivity index (χ1n) is 9.22. The fourth-order valence-electron chi connectivity index (χ4n) is 3.47. The molecule has 3 aromatic rings. The van der Waals surface area contributed by atoms with Crippen molar-refractivity contribution in [2.75, 3.05) is 25.1 Å². The van der Waals surface area contributed by atoms with Gasteiger partial charge in [-0.05, 0) is 48.6 Å². The van der Waals surface area contributed by atoms with Crippen molar-refractivity contribution in [3.8, 4) is 17.1 Å². The summed E-state index contributed by atoms with van der Waals surface area (Å²) in [6.45, 7) is 1.47. The van der Waals surface area contributed by atoms with E-state index in [-0.39, 0.29) is 17.5 Å². The van der Waals surface area contributed by atoms with Crippen molar-refractivity contribution in [2.24, 2.45) is 5.92 Å². The van der Waals surface area contributed by atoms with Crippen LogP contribution in [-0.4, -0.2) is 50.7 Å². The van der Waals surface area contributed by atoms with Gasteiger partial charge in [0.25, 0.3) is 5.91 Å². The Kier molecular flexibility index (Phi) is 5.43. The number of nitrogens with zero attached hydrogens (tertiary/aromatic N) is 4. The molecule has 0 radical (unpaired) electrons. The predicted octanol–water partition coefficient (Wildman–Crippen LogP) is 3.90. The minimum atomic E-state index is -0.321. The van der Waals surface area contributed by atoms with Gasteiger partial charge in [0.1, 0.15) is 5.82 Å². The molecule has 1 fully saturated rings. The molecule has 5 nitrogen and oxygen atoms in total. The van der Waals surface area contributed by atoms with E-state index in [1.165, 1.54) is 12.1 Å². The smallest absolute Gasteiger partial charge is 0.293 e. The minimum Gasteiger partial charge on any atom is -0.336 e. The molecule has 0 N–H and O–H groups in total. The molecule has 7 heteroatoms. The van der Waals surface area contributed by atoms with Gasteiger partial charge in [0.15, 0.2) is 5.82 Å². The van der Waals surface area contributed by atoms with Crippen LogP contribution in [0, 0.1) is 11.7 Å². The third-order valence-electron chi connectivity index (χ3n) is 4.88. The molecule has 1 aliphatic heterocycles. The molecular formula is C21H21FN4OS. The number of hydrogen-bond acceptors (Lipinski definition) is 4. The van der Waals surface area contributed by atoms with Gasteiger partial charge in [-0.15, -0.1) is 5.10 Å². The summed E-state index contributed by atoms with van der Waals surface area (Å²) in [5.41, 5.74) is 1.51. The van der Waals surface area contributed by atoms with Gasteiger partial charge < -0.3 is 4.90 Å². The van der Waals surface area contributed by atoms with Crippen molar-refractivity contribution in [3.63, 3.8) is 0 Å². The molecule has 1 aliphatic rings. The maximum absolute atomic E-state index is 13.4. The van der Waals surface area contributed by atoms with Crippen molar-refractivity contribution >= 4 is 17.7 Å². The van der Waals surface area contributed by atoms with Crippen LogP contribution in [0.4, 0.5) is 4.39 Å². The van der Waals surface area contributed by atoms with Crippen molar-refractivity contribution in [1.82, 2.24) is 19.7 Å². The van der Waals surface area contributed by atoms with E-state index in [1.807, 2.05) is 35.2 Å². The first-order valence-corrected chi connectivity index (χ1v) is 10.6. The summed E-state index contributed by atoms with van der Waals surface area (Å²) in [6.07, 6.45) is 3.10. The predicted molar refractivity (Wildman–Crippen MR) is 109 cm³/mol. The molecule has 1 unspecified atom stereocenters. The van der Waals surface area contributed by atoms with E-state index in [0.29, 0.717) is 17.4 Å². The van der Waals surface area contributed by atoms with Gasteiger partial charge in [0.2, 0.25) is 5.82 Å². The first kappa shape index (κ1) is 18.7. The lowest BCUT2D eigenvalue weighted by molar-refractivity contribution is 0.0776. The summed E-state index contributed by atoms with van der Waals surface area (Å²) in [7, 11) is 0. The van der Waals surface area contributed by atoms with E-state index < -0.39 is 0 Å². The van der Waals surface area contributed by atoms with Gasteiger partial charge in [-0.3, -0.25) is 4.79 Å². The zero-order valence-electron chi connectivity index (χ0n) is 15.6. The highest BCUT2D eigenvalue weighted by Crippen LogP contribution is 2.24. The quantitative estimate of drug-likeness (QED) is 0.656. The third-order valence-corrected chi connectivity index (χ3v) is 5.68. The Labute approximate surface area is 167 Å². The summed E-state index contributed by atoms with van der Waals surface area (Å²) in [4.78, 5) is 19.4. The molecule has 4 rings (SSSR count). The maximum atomic E-state index is 13.4. The highest BCUT2D eigenvalue weighted by atomic mass is 32.2. The topological polar surface area (TPSA) is 51.0 Å². The van der Waals surface area contributed by atoms with Crippen LogP contribution in [0.5, 0.6) is 0 Å². The summed E-state index contributed by atoms with van der Waals surface area (Å²) < 4.78 is 15.0. The number of carbonyl (C=O) groups is 1. The molecule has 144 valence electrons. The van der Waals surface area contributed by atoms with Crippen molar-refractivity contribution in [3.05, 3.63) is 66.2 Å². The number of hydrogen-bond donors (Lipinski definition) is 0. The number of rotatable bonds is 5. The van der Waals surface area contributed by atoms with Crippen LogP contribution < -0.4 is 0 Å². The van der Waals surface area contributed by atoms with Gasteiger partial charge >= 0.3 is 0 Å². The average molecular weight is 396 g/mol. The molecule has 1 aromatic heterocycles. The zero-order valence-corrected chi connectivity index (χ0v) is 16.4. The van der Waals surface area contributed by atoms with Gasteiger partial charge in [-0.2, -0.15) is 11.8 Å². The Morgan fingerprint density at radius 2 is 1.93 bits per heavy atom. The van der Waals surface area contributed by atoms with Crippen molar-refractivity contribution in [1.29, 1.82) is 0 Å². The van der Waals surface area contributed by atoms with E-state index in [1.54, 1.807) is 28.6 Å². The number of aromatic nitrogens is 3. The molecule has 2 heterocycles. The Balaban J connectivity index is 1.69. The third kappa shape index (κ3) is 3.80. The van der Waals surface area contributed by atoms with E-state index in [4.69, 9.17) is 0 Å². The van der Waals surface area contributed by atoms with E-state index in [9.17, 15) is 9.18 Å². The second kappa shape index (κ2) is 8.14. The lowest BCUT2D eigenvalue weighted by Gasteiger charge is -2.14. The van der Waals surface area contributed by atoms with Crippen LogP contribution in [0.1, 0.15) is 17.0 Å².